The number of carbonyl (C=O) groups is 1. The Labute approximate surface area is 196 Å². The molecule has 0 fully saturated rings. The molecule has 7 nitrogen and oxygen atoms in total. The van der Waals surface area contributed by atoms with Gasteiger partial charge in [0.1, 0.15) is 11.6 Å². The van der Waals surface area contributed by atoms with Crippen molar-refractivity contribution in [3.05, 3.63) is 94.8 Å². The number of ether oxygens (including phenoxy) is 1. The highest BCUT2D eigenvalue weighted by Crippen LogP contribution is 2.26. The van der Waals surface area contributed by atoms with Crippen molar-refractivity contribution in [1.29, 1.82) is 0 Å². The zero-order chi connectivity index (χ0) is 24.0. The normalized spacial score (nSPS) is 11.5. The smallest absolute Gasteiger partial charge is 0.249 e. The molecule has 10 heteroatoms. The molecular weight excluding hydrogens is 469 g/mol. The molecule has 0 aliphatic carbocycles. The van der Waals surface area contributed by atoms with Crippen LogP contribution < -0.4 is 4.74 Å². The predicted octanol–water partition coefficient (Wildman–Crippen LogP) is 4.43. The van der Waals surface area contributed by atoms with E-state index in [1.807, 2.05) is 0 Å². The highest BCUT2D eigenvalue weighted by atomic mass is 35.5. The first-order valence-electron chi connectivity index (χ1n) is 9.75. The Morgan fingerprint density at radius 3 is 2.48 bits per heavy atom. The second-order valence-electron chi connectivity index (χ2n) is 7.33. The topological polar surface area (TPSA) is 89.5 Å². The van der Waals surface area contributed by atoms with Crippen LogP contribution in [0, 0.1) is 5.82 Å². The van der Waals surface area contributed by atoms with Gasteiger partial charge in [0.15, 0.2) is 15.5 Å². The number of ketones is 1. The SMILES string of the molecule is CN(C)/C=C\C(=O)c1nccnc1Oc1ccc(CS(=O)(=O)Cc2ccccc2Cl)c(F)c1. The van der Waals surface area contributed by atoms with E-state index in [1.165, 1.54) is 30.6 Å². The fraction of sp³-hybridized carbons (Fsp3) is 0.174. The number of benzene rings is 2. The van der Waals surface area contributed by atoms with Gasteiger partial charge in [-0.05, 0) is 17.7 Å². The maximum Gasteiger partial charge on any atom is 0.249 e. The van der Waals surface area contributed by atoms with E-state index in [4.69, 9.17) is 16.3 Å². The summed E-state index contributed by atoms with van der Waals surface area (Å²) in [6.45, 7) is 0. The molecule has 1 heterocycles. The molecule has 0 spiro atoms. The van der Waals surface area contributed by atoms with Crippen LogP contribution in [0.5, 0.6) is 11.6 Å². The molecule has 0 atom stereocenters. The Kier molecular flexibility index (Phi) is 7.78. The number of carbonyl (C=O) groups excluding carboxylic acids is 1. The summed E-state index contributed by atoms with van der Waals surface area (Å²) in [6.07, 6.45) is 5.55. The Hall–Kier alpha value is -3.30. The molecule has 0 bridgehead atoms. The minimum absolute atomic E-state index is 0.0150. The van der Waals surface area contributed by atoms with Crippen LogP contribution in [0.3, 0.4) is 0 Å². The predicted molar refractivity (Wildman–Crippen MR) is 123 cm³/mol. The monoisotopic (exact) mass is 489 g/mol. The van der Waals surface area contributed by atoms with Gasteiger partial charge in [0.2, 0.25) is 11.7 Å². The van der Waals surface area contributed by atoms with Gasteiger partial charge in [-0.3, -0.25) is 4.79 Å². The van der Waals surface area contributed by atoms with Crippen LogP contribution in [0.4, 0.5) is 4.39 Å². The van der Waals surface area contributed by atoms with Crippen LogP contribution in [-0.4, -0.2) is 43.2 Å². The summed E-state index contributed by atoms with van der Waals surface area (Å²) in [7, 11) is -0.158. The molecular formula is C23H21ClFN3O4S. The van der Waals surface area contributed by atoms with Crippen molar-refractivity contribution >= 4 is 27.2 Å². The Morgan fingerprint density at radius 2 is 1.79 bits per heavy atom. The van der Waals surface area contributed by atoms with Crippen molar-refractivity contribution in [2.24, 2.45) is 0 Å². The van der Waals surface area contributed by atoms with Crippen LogP contribution in [0.25, 0.3) is 0 Å². The maximum atomic E-state index is 14.7. The largest absolute Gasteiger partial charge is 0.437 e. The lowest BCUT2D eigenvalue weighted by molar-refractivity contribution is 0.103. The van der Waals surface area contributed by atoms with Gasteiger partial charge in [0, 0.05) is 55.4 Å². The summed E-state index contributed by atoms with van der Waals surface area (Å²) in [5.74, 6) is -2.06. The van der Waals surface area contributed by atoms with E-state index in [-0.39, 0.29) is 28.6 Å². The summed E-state index contributed by atoms with van der Waals surface area (Å²) in [4.78, 5) is 22.1. The van der Waals surface area contributed by atoms with Crippen molar-refractivity contribution < 1.29 is 22.3 Å². The number of nitrogens with zero attached hydrogens (tertiary/aromatic N) is 3. The van der Waals surface area contributed by atoms with E-state index in [0.29, 0.717) is 10.6 Å². The lowest BCUT2D eigenvalue weighted by Crippen LogP contribution is -2.09. The highest BCUT2D eigenvalue weighted by Gasteiger charge is 2.19. The van der Waals surface area contributed by atoms with E-state index in [1.54, 1.807) is 49.5 Å². The summed E-state index contributed by atoms with van der Waals surface area (Å²) in [5.41, 5.74) is 0.392. The van der Waals surface area contributed by atoms with Crippen molar-refractivity contribution in [1.82, 2.24) is 14.9 Å². The molecule has 1 aromatic heterocycles. The summed E-state index contributed by atoms with van der Waals surface area (Å²) in [5, 5.41) is 0.333. The van der Waals surface area contributed by atoms with Crippen molar-refractivity contribution in [2.45, 2.75) is 11.5 Å². The van der Waals surface area contributed by atoms with Gasteiger partial charge in [-0.2, -0.15) is 0 Å². The third-order valence-electron chi connectivity index (χ3n) is 4.37. The molecule has 172 valence electrons. The first kappa shape index (κ1) is 24.3. The van der Waals surface area contributed by atoms with Gasteiger partial charge in [-0.15, -0.1) is 0 Å². The third kappa shape index (κ3) is 6.84. The Morgan fingerprint density at radius 1 is 1.09 bits per heavy atom. The van der Waals surface area contributed by atoms with Gasteiger partial charge in [-0.1, -0.05) is 35.9 Å². The summed E-state index contributed by atoms with van der Waals surface area (Å²) in [6, 6.07) is 10.4. The van der Waals surface area contributed by atoms with E-state index < -0.39 is 27.2 Å². The molecule has 0 N–H and O–H groups in total. The number of halogens is 2. The fourth-order valence-electron chi connectivity index (χ4n) is 2.83. The lowest BCUT2D eigenvalue weighted by atomic mass is 10.2. The van der Waals surface area contributed by atoms with Crippen LogP contribution >= 0.6 is 11.6 Å². The van der Waals surface area contributed by atoms with Gasteiger partial charge in [0.25, 0.3) is 0 Å². The van der Waals surface area contributed by atoms with Crippen LogP contribution in [0.15, 0.2) is 67.1 Å². The Balaban J connectivity index is 1.77. The molecule has 3 aromatic rings. The minimum Gasteiger partial charge on any atom is -0.437 e. The zero-order valence-electron chi connectivity index (χ0n) is 17.9. The van der Waals surface area contributed by atoms with E-state index in [9.17, 15) is 17.6 Å². The number of aromatic nitrogens is 2. The molecule has 0 unspecified atom stereocenters. The number of rotatable bonds is 9. The van der Waals surface area contributed by atoms with Gasteiger partial charge < -0.3 is 9.64 Å². The molecule has 0 aliphatic rings. The number of hydrogen-bond acceptors (Lipinski definition) is 7. The molecule has 0 radical (unpaired) electrons. The van der Waals surface area contributed by atoms with Crippen molar-refractivity contribution in [3.63, 3.8) is 0 Å². The van der Waals surface area contributed by atoms with Crippen LogP contribution in [-0.2, 0) is 21.3 Å². The maximum absolute atomic E-state index is 14.7. The van der Waals surface area contributed by atoms with Crippen molar-refractivity contribution in [3.8, 4) is 11.6 Å². The summed E-state index contributed by atoms with van der Waals surface area (Å²) >= 11 is 6.04. The van der Waals surface area contributed by atoms with Gasteiger partial charge in [0.05, 0.1) is 11.5 Å². The first-order valence-corrected chi connectivity index (χ1v) is 11.9. The molecule has 0 amide bonds. The second-order valence-corrected chi connectivity index (χ2v) is 9.80. The molecule has 33 heavy (non-hydrogen) atoms. The number of hydrogen-bond donors (Lipinski definition) is 0. The quantitative estimate of drug-likeness (QED) is 0.324. The van der Waals surface area contributed by atoms with E-state index in [2.05, 4.69) is 9.97 Å². The molecule has 3 rings (SSSR count). The van der Waals surface area contributed by atoms with Crippen molar-refractivity contribution in [2.75, 3.05) is 14.1 Å². The van der Waals surface area contributed by atoms with E-state index in [0.717, 1.165) is 6.07 Å². The minimum atomic E-state index is -3.68. The van der Waals surface area contributed by atoms with Gasteiger partial charge in [-0.25, -0.2) is 22.8 Å². The molecule has 0 saturated carbocycles. The molecule has 2 aromatic carbocycles. The molecule has 0 aliphatic heterocycles. The third-order valence-corrected chi connectivity index (χ3v) is 6.24. The second kappa shape index (κ2) is 10.5. The summed E-state index contributed by atoms with van der Waals surface area (Å²) < 4.78 is 45.4. The van der Waals surface area contributed by atoms with Crippen LogP contribution in [0.1, 0.15) is 21.6 Å². The van der Waals surface area contributed by atoms with E-state index >= 15 is 0 Å². The average Bonchev–Trinajstić information content (AvgIpc) is 2.76. The molecule has 0 saturated heterocycles. The zero-order valence-corrected chi connectivity index (χ0v) is 19.5. The lowest BCUT2D eigenvalue weighted by Gasteiger charge is -2.10. The first-order chi connectivity index (χ1) is 15.6. The highest BCUT2D eigenvalue weighted by molar-refractivity contribution is 7.89. The van der Waals surface area contributed by atoms with Gasteiger partial charge >= 0.3 is 0 Å². The number of sulfone groups is 1. The standard InChI is InChI=1S/C23H21ClFN3O4S/c1-28(2)12-9-21(29)22-23(27-11-10-26-22)32-18-8-7-17(20(25)13-18)15-33(30,31)14-16-5-3-4-6-19(16)24/h3-13H,14-15H2,1-2H3/b12-9-. The Bertz CT molecular complexity index is 1300. The van der Waals surface area contributed by atoms with Crippen LogP contribution in [0.2, 0.25) is 5.02 Å². The number of allylic oxidation sites excluding steroid dienone is 1. The average molecular weight is 490 g/mol. The fourth-order valence-corrected chi connectivity index (χ4v) is 4.64.